The molecular weight excluding hydrogens is 388 g/mol. The van der Waals surface area contributed by atoms with E-state index in [2.05, 4.69) is 10.3 Å². The third kappa shape index (κ3) is 4.81. The number of ether oxygens (including phenoxy) is 2. The summed E-state index contributed by atoms with van der Waals surface area (Å²) in [7, 11) is 1.53. The van der Waals surface area contributed by atoms with E-state index in [1.807, 2.05) is 43.3 Å². The molecule has 0 saturated heterocycles. The van der Waals surface area contributed by atoms with Crippen molar-refractivity contribution in [3.8, 4) is 16.3 Å². The van der Waals surface area contributed by atoms with Crippen LogP contribution in [0.2, 0.25) is 0 Å². The first-order valence-electron chi connectivity index (χ1n) is 9.08. The second kappa shape index (κ2) is 8.87. The van der Waals surface area contributed by atoms with E-state index in [-0.39, 0.29) is 0 Å². The lowest BCUT2D eigenvalue weighted by Gasteiger charge is -2.15. The number of hydrogen-bond acceptors (Lipinski definition) is 6. The number of nitrogens with zero attached hydrogens (tertiary/aromatic N) is 1. The maximum absolute atomic E-state index is 12.6. The van der Waals surface area contributed by atoms with Gasteiger partial charge >= 0.3 is 5.97 Å². The number of anilines is 1. The first-order valence-corrected chi connectivity index (χ1v) is 9.90. The lowest BCUT2D eigenvalue weighted by molar-refractivity contribution is -0.123. The first-order chi connectivity index (χ1) is 13.9. The molecule has 3 rings (SSSR count). The third-order valence-corrected chi connectivity index (χ3v) is 5.46. The molecule has 0 aliphatic heterocycles. The van der Waals surface area contributed by atoms with Gasteiger partial charge in [0, 0.05) is 5.56 Å². The summed E-state index contributed by atoms with van der Waals surface area (Å²) in [5.41, 5.74) is 3.00. The summed E-state index contributed by atoms with van der Waals surface area (Å²) in [6, 6.07) is 15.1. The number of methoxy groups -OCH3 is 1. The van der Waals surface area contributed by atoms with Crippen LogP contribution in [0.5, 0.6) is 5.75 Å². The molecule has 1 heterocycles. The van der Waals surface area contributed by atoms with E-state index in [1.165, 1.54) is 25.4 Å². The number of nitrogens with one attached hydrogen (secondary N) is 1. The largest absolute Gasteiger partial charge is 0.495 e. The van der Waals surface area contributed by atoms with Gasteiger partial charge in [-0.3, -0.25) is 4.79 Å². The van der Waals surface area contributed by atoms with Crippen LogP contribution >= 0.6 is 11.3 Å². The van der Waals surface area contributed by atoms with Gasteiger partial charge in [0.25, 0.3) is 5.91 Å². The van der Waals surface area contributed by atoms with Gasteiger partial charge in [-0.15, -0.1) is 11.3 Å². The zero-order valence-corrected chi connectivity index (χ0v) is 17.5. The lowest BCUT2D eigenvalue weighted by Crippen LogP contribution is -2.30. The Morgan fingerprint density at radius 2 is 1.83 bits per heavy atom. The van der Waals surface area contributed by atoms with Gasteiger partial charge in [-0.1, -0.05) is 36.4 Å². The Morgan fingerprint density at radius 3 is 2.52 bits per heavy atom. The Kier molecular flexibility index (Phi) is 6.29. The van der Waals surface area contributed by atoms with Gasteiger partial charge < -0.3 is 14.8 Å². The highest BCUT2D eigenvalue weighted by Gasteiger charge is 2.24. The summed E-state index contributed by atoms with van der Waals surface area (Å²) in [6.45, 7) is 5.20. The van der Waals surface area contributed by atoms with Crippen LogP contribution in [0.4, 0.5) is 5.69 Å². The fourth-order valence-electron chi connectivity index (χ4n) is 2.71. The maximum atomic E-state index is 12.6. The zero-order chi connectivity index (χ0) is 21.0. The van der Waals surface area contributed by atoms with Crippen molar-refractivity contribution >= 4 is 28.9 Å². The van der Waals surface area contributed by atoms with Crippen LogP contribution in [0.15, 0.2) is 48.5 Å². The van der Waals surface area contributed by atoms with E-state index in [9.17, 15) is 9.59 Å². The molecule has 7 heteroatoms. The van der Waals surface area contributed by atoms with Crippen molar-refractivity contribution in [2.45, 2.75) is 26.9 Å². The molecule has 150 valence electrons. The smallest absolute Gasteiger partial charge is 0.351 e. The highest BCUT2D eigenvalue weighted by Crippen LogP contribution is 2.29. The number of esters is 1. The molecule has 0 spiro atoms. The van der Waals surface area contributed by atoms with Gasteiger partial charge in [-0.2, -0.15) is 0 Å². The minimum absolute atomic E-state index is 0.386. The van der Waals surface area contributed by atoms with Crippen LogP contribution in [0.3, 0.4) is 0 Å². The van der Waals surface area contributed by atoms with Crippen molar-refractivity contribution in [1.29, 1.82) is 0 Å². The number of aromatic nitrogens is 1. The van der Waals surface area contributed by atoms with Crippen LogP contribution in [0.1, 0.15) is 27.9 Å². The molecule has 0 bridgehead atoms. The van der Waals surface area contributed by atoms with Gasteiger partial charge in [0.05, 0.1) is 18.5 Å². The van der Waals surface area contributed by atoms with E-state index in [0.717, 1.165) is 16.1 Å². The second-order valence-corrected chi connectivity index (χ2v) is 7.54. The topological polar surface area (TPSA) is 77.5 Å². The lowest BCUT2D eigenvalue weighted by atomic mass is 10.2. The van der Waals surface area contributed by atoms with E-state index in [4.69, 9.17) is 9.47 Å². The number of thiazole rings is 1. The molecule has 1 amide bonds. The van der Waals surface area contributed by atoms with Crippen LogP contribution < -0.4 is 10.1 Å². The summed E-state index contributed by atoms with van der Waals surface area (Å²) >= 11 is 1.25. The molecule has 0 aliphatic rings. The number of carbonyl (C=O) groups is 2. The van der Waals surface area contributed by atoms with E-state index in [0.29, 0.717) is 22.0 Å². The molecule has 3 aromatic rings. The maximum Gasteiger partial charge on any atom is 0.351 e. The highest BCUT2D eigenvalue weighted by atomic mass is 32.1. The monoisotopic (exact) mass is 410 g/mol. The standard InChI is InChI=1S/C22H22N2O4S/c1-13-10-11-18(27-4)17(12-13)24-20(25)15(3)28-22(26)19-14(2)23-21(29-19)16-8-6-5-7-9-16/h5-12,15H,1-4H3,(H,24,25)/t15-/m0/s1. The predicted octanol–water partition coefficient (Wildman–Crippen LogP) is 4.62. The molecule has 1 atom stereocenters. The number of benzene rings is 2. The molecule has 29 heavy (non-hydrogen) atoms. The number of amides is 1. The van der Waals surface area contributed by atoms with Gasteiger partial charge in [0.15, 0.2) is 6.10 Å². The SMILES string of the molecule is COc1ccc(C)cc1NC(=O)[C@H](C)OC(=O)c1sc(-c2ccccc2)nc1C. The summed E-state index contributed by atoms with van der Waals surface area (Å²) in [4.78, 5) is 30.0. The Morgan fingerprint density at radius 1 is 1.10 bits per heavy atom. The van der Waals surface area contributed by atoms with Crippen molar-refractivity contribution < 1.29 is 19.1 Å². The Labute approximate surface area is 173 Å². The molecular formula is C22H22N2O4S. The summed E-state index contributed by atoms with van der Waals surface area (Å²) < 4.78 is 10.6. The molecule has 1 N–H and O–H groups in total. The molecule has 2 aromatic carbocycles. The molecule has 1 aromatic heterocycles. The van der Waals surface area contributed by atoms with Crippen LogP contribution in [0.25, 0.3) is 10.6 Å². The number of aryl methyl sites for hydroxylation is 2. The molecule has 0 radical (unpaired) electrons. The molecule has 0 fully saturated rings. The van der Waals surface area contributed by atoms with Gasteiger partial charge in [-0.05, 0) is 38.5 Å². The van der Waals surface area contributed by atoms with Crippen molar-refractivity contribution in [2.75, 3.05) is 12.4 Å². The predicted molar refractivity (Wildman–Crippen MR) is 114 cm³/mol. The van der Waals surface area contributed by atoms with Crippen molar-refractivity contribution in [3.05, 3.63) is 64.7 Å². The average Bonchev–Trinajstić information content (AvgIpc) is 3.10. The van der Waals surface area contributed by atoms with E-state index >= 15 is 0 Å². The second-order valence-electron chi connectivity index (χ2n) is 6.54. The fraction of sp³-hybridized carbons (Fsp3) is 0.227. The van der Waals surface area contributed by atoms with Gasteiger partial charge in [-0.25, -0.2) is 9.78 Å². The molecule has 0 saturated carbocycles. The van der Waals surface area contributed by atoms with Crippen LogP contribution in [0, 0.1) is 13.8 Å². The number of rotatable bonds is 6. The molecule has 0 aliphatic carbocycles. The van der Waals surface area contributed by atoms with Crippen LogP contribution in [-0.4, -0.2) is 30.1 Å². The van der Waals surface area contributed by atoms with Gasteiger partial charge in [0.2, 0.25) is 0 Å². The highest BCUT2D eigenvalue weighted by molar-refractivity contribution is 7.17. The minimum Gasteiger partial charge on any atom is -0.495 e. The third-order valence-electron chi connectivity index (χ3n) is 4.27. The summed E-state index contributed by atoms with van der Waals surface area (Å²) in [5, 5.41) is 3.48. The van der Waals surface area contributed by atoms with Crippen molar-refractivity contribution in [3.63, 3.8) is 0 Å². The van der Waals surface area contributed by atoms with E-state index < -0.39 is 18.0 Å². The van der Waals surface area contributed by atoms with Gasteiger partial charge in [0.1, 0.15) is 15.6 Å². The van der Waals surface area contributed by atoms with E-state index in [1.54, 1.807) is 19.1 Å². The normalized spacial score (nSPS) is 11.6. The molecule has 6 nitrogen and oxygen atoms in total. The average molecular weight is 410 g/mol. The van der Waals surface area contributed by atoms with Crippen molar-refractivity contribution in [1.82, 2.24) is 4.98 Å². The summed E-state index contributed by atoms with van der Waals surface area (Å²) in [5.74, 6) is -0.470. The molecule has 0 unspecified atom stereocenters. The summed E-state index contributed by atoms with van der Waals surface area (Å²) in [6.07, 6.45) is -0.977. The number of hydrogen-bond donors (Lipinski definition) is 1. The van der Waals surface area contributed by atoms with Crippen LogP contribution in [-0.2, 0) is 9.53 Å². The fourth-order valence-corrected chi connectivity index (χ4v) is 3.67. The number of carbonyl (C=O) groups excluding carboxylic acids is 2. The Balaban J connectivity index is 1.70. The zero-order valence-electron chi connectivity index (χ0n) is 16.7. The minimum atomic E-state index is -0.977. The quantitative estimate of drug-likeness (QED) is 0.600. The van der Waals surface area contributed by atoms with Crippen molar-refractivity contribution in [2.24, 2.45) is 0 Å². The Bertz CT molecular complexity index is 1030. The Hall–Kier alpha value is -3.19. The first kappa shape index (κ1) is 20.5.